The number of carbonyl (C=O) groups excluding carboxylic acids is 1. The standard InChI is InChI=1S/C22H32N2O3/c1-23-13-11-22(16-7-8-18(26-2)19(14-16)27-3)10-9-17(15-20(22)23)24-12-5-4-6-21(24)25/h7-8,14,17,20H,4-6,9-13,15H2,1-3H3/t17-,20?,22+/m1/s1. The van der Waals surface area contributed by atoms with Gasteiger partial charge in [-0.2, -0.15) is 0 Å². The third kappa shape index (κ3) is 3.10. The van der Waals surface area contributed by atoms with Gasteiger partial charge in [-0.15, -0.1) is 0 Å². The molecule has 0 radical (unpaired) electrons. The van der Waals surface area contributed by atoms with Gasteiger partial charge in [0.2, 0.25) is 5.91 Å². The second-order valence-corrected chi connectivity index (χ2v) is 8.44. The highest BCUT2D eigenvalue weighted by molar-refractivity contribution is 5.77. The van der Waals surface area contributed by atoms with Gasteiger partial charge in [0.15, 0.2) is 11.5 Å². The van der Waals surface area contributed by atoms with Crippen molar-refractivity contribution in [2.45, 2.75) is 62.4 Å². The molecule has 2 aliphatic heterocycles. The lowest BCUT2D eigenvalue weighted by Gasteiger charge is -2.48. The van der Waals surface area contributed by atoms with Gasteiger partial charge in [0.25, 0.3) is 0 Å². The van der Waals surface area contributed by atoms with Crippen molar-refractivity contribution >= 4 is 5.91 Å². The van der Waals surface area contributed by atoms with Crippen molar-refractivity contribution in [1.29, 1.82) is 0 Å². The Labute approximate surface area is 162 Å². The number of benzene rings is 1. The van der Waals surface area contributed by atoms with Gasteiger partial charge in [0.05, 0.1) is 14.2 Å². The molecule has 5 nitrogen and oxygen atoms in total. The first-order valence-corrected chi connectivity index (χ1v) is 10.3. The van der Waals surface area contributed by atoms with Crippen LogP contribution in [0.2, 0.25) is 0 Å². The quantitative estimate of drug-likeness (QED) is 0.814. The molecule has 1 aliphatic carbocycles. The minimum atomic E-state index is 0.156. The number of methoxy groups -OCH3 is 2. The normalized spacial score (nSPS) is 31.7. The van der Waals surface area contributed by atoms with Crippen LogP contribution >= 0.6 is 0 Å². The number of hydrogen-bond donors (Lipinski definition) is 0. The van der Waals surface area contributed by atoms with E-state index in [1.807, 2.05) is 6.07 Å². The van der Waals surface area contributed by atoms with Crippen LogP contribution in [0.15, 0.2) is 18.2 Å². The molecule has 1 aromatic rings. The molecule has 1 amide bonds. The second-order valence-electron chi connectivity index (χ2n) is 8.44. The molecule has 3 atom stereocenters. The first-order chi connectivity index (χ1) is 13.1. The number of hydrogen-bond acceptors (Lipinski definition) is 4. The van der Waals surface area contributed by atoms with Gasteiger partial charge in [0, 0.05) is 30.5 Å². The molecular weight excluding hydrogens is 340 g/mol. The molecule has 27 heavy (non-hydrogen) atoms. The number of amides is 1. The highest BCUT2D eigenvalue weighted by Gasteiger charge is 2.51. The monoisotopic (exact) mass is 372 g/mol. The second kappa shape index (κ2) is 7.34. The molecule has 0 N–H and O–H groups in total. The summed E-state index contributed by atoms with van der Waals surface area (Å²) in [5.74, 6) is 1.96. The fraction of sp³-hybridized carbons (Fsp3) is 0.682. The van der Waals surface area contributed by atoms with Crippen molar-refractivity contribution in [1.82, 2.24) is 9.80 Å². The summed E-state index contributed by atoms with van der Waals surface area (Å²) in [6.45, 7) is 2.06. The number of nitrogens with zero attached hydrogens (tertiary/aromatic N) is 2. The van der Waals surface area contributed by atoms with Crippen LogP contribution in [0.3, 0.4) is 0 Å². The average Bonchev–Trinajstić information content (AvgIpc) is 3.05. The maximum atomic E-state index is 12.5. The summed E-state index contributed by atoms with van der Waals surface area (Å²) < 4.78 is 11.0. The fourth-order valence-corrected chi connectivity index (χ4v) is 5.74. The first kappa shape index (κ1) is 18.6. The molecular formula is C22H32N2O3. The Bertz CT molecular complexity index is 707. The predicted molar refractivity (Wildman–Crippen MR) is 105 cm³/mol. The maximum absolute atomic E-state index is 12.5. The number of ether oxygens (including phenoxy) is 2. The first-order valence-electron chi connectivity index (χ1n) is 10.3. The zero-order chi connectivity index (χ0) is 19.0. The van der Waals surface area contributed by atoms with Crippen LogP contribution in [0.1, 0.15) is 50.5 Å². The maximum Gasteiger partial charge on any atom is 0.222 e. The smallest absolute Gasteiger partial charge is 0.222 e. The third-order valence-electron chi connectivity index (χ3n) is 7.26. The highest BCUT2D eigenvalue weighted by atomic mass is 16.5. The van der Waals surface area contributed by atoms with Gasteiger partial charge < -0.3 is 19.3 Å². The lowest BCUT2D eigenvalue weighted by atomic mass is 9.64. The summed E-state index contributed by atoms with van der Waals surface area (Å²) in [7, 11) is 5.63. The Balaban J connectivity index is 1.62. The van der Waals surface area contributed by atoms with Crippen LogP contribution in [0, 0.1) is 0 Å². The van der Waals surface area contributed by atoms with Gasteiger partial charge in [-0.3, -0.25) is 4.79 Å². The highest BCUT2D eigenvalue weighted by Crippen LogP contribution is 2.50. The van der Waals surface area contributed by atoms with Crippen molar-refractivity contribution < 1.29 is 14.3 Å². The van der Waals surface area contributed by atoms with Crippen LogP contribution in [0.5, 0.6) is 11.5 Å². The Hall–Kier alpha value is -1.75. The Kier molecular flexibility index (Phi) is 5.06. The SMILES string of the molecule is COc1ccc([C@@]23CC[C@@H](N4CCCCC4=O)CC2N(C)CC3)cc1OC. The summed E-state index contributed by atoms with van der Waals surface area (Å²) in [6.07, 6.45) is 7.43. The zero-order valence-electron chi connectivity index (χ0n) is 16.9. The van der Waals surface area contributed by atoms with E-state index in [9.17, 15) is 4.79 Å². The van der Waals surface area contributed by atoms with E-state index in [4.69, 9.17) is 9.47 Å². The van der Waals surface area contributed by atoms with Gasteiger partial charge in [-0.05, 0) is 69.8 Å². The molecule has 148 valence electrons. The average molecular weight is 373 g/mol. The lowest BCUT2D eigenvalue weighted by molar-refractivity contribution is -0.137. The molecule has 5 heteroatoms. The molecule has 2 saturated heterocycles. The van der Waals surface area contributed by atoms with Gasteiger partial charge >= 0.3 is 0 Å². The summed E-state index contributed by atoms with van der Waals surface area (Å²) in [5.41, 5.74) is 1.52. The van der Waals surface area contributed by atoms with Gasteiger partial charge in [0.1, 0.15) is 0 Å². The molecule has 3 fully saturated rings. The largest absolute Gasteiger partial charge is 0.493 e. The molecule has 0 bridgehead atoms. The zero-order valence-corrected chi connectivity index (χ0v) is 16.9. The topological polar surface area (TPSA) is 42.0 Å². The number of piperidine rings is 1. The van der Waals surface area contributed by atoms with Crippen LogP contribution in [0.4, 0.5) is 0 Å². The van der Waals surface area contributed by atoms with Crippen molar-refractivity contribution in [2.75, 3.05) is 34.4 Å². The number of carbonyl (C=O) groups is 1. The van der Waals surface area contributed by atoms with E-state index in [0.29, 0.717) is 18.0 Å². The van der Waals surface area contributed by atoms with Gasteiger partial charge in [-0.25, -0.2) is 0 Å². The van der Waals surface area contributed by atoms with E-state index >= 15 is 0 Å². The van der Waals surface area contributed by atoms with E-state index in [-0.39, 0.29) is 5.41 Å². The van der Waals surface area contributed by atoms with Gasteiger partial charge in [-0.1, -0.05) is 6.07 Å². The summed E-state index contributed by atoms with van der Waals surface area (Å²) in [5, 5.41) is 0. The van der Waals surface area contributed by atoms with Crippen molar-refractivity contribution in [2.24, 2.45) is 0 Å². The molecule has 4 rings (SSSR count). The van der Waals surface area contributed by atoms with Crippen LogP contribution in [-0.4, -0.2) is 62.1 Å². The van der Waals surface area contributed by atoms with Crippen LogP contribution in [-0.2, 0) is 10.2 Å². The number of rotatable bonds is 4. The van der Waals surface area contributed by atoms with Crippen molar-refractivity contribution in [3.05, 3.63) is 23.8 Å². The van der Waals surface area contributed by atoms with Crippen LogP contribution in [0.25, 0.3) is 0 Å². The van der Waals surface area contributed by atoms with E-state index in [0.717, 1.165) is 63.1 Å². The summed E-state index contributed by atoms with van der Waals surface area (Å²) in [4.78, 5) is 17.2. The minimum absolute atomic E-state index is 0.156. The summed E-state index contributed by atoms with van der Waals surface area (Å²) >= 11 is 0. The predicted octanol–water partition coefficient (Wildman–Crippen LogP) is 3.21. The molecule has 0 spiro atoms. The Morgan fingerprint density at radius 2 is 1.89 bits per heavy atom. The molecule has 3 aliphatic rings. The Morgan fingerprint density at radius 3 is 2.63 bits per heavy atom. The van der Waals surface area contributed by atoms with E-state index in [1.165, 1.54) is 12.0 Å². The molecule has 1 unspecified atom stereocenters. The number of likely N-dealkylation sites (N-methyl/N-ethyl adjacent to an activating group) is 1. The molecule has 1 aromatic carbocycles. The van der Waals surface area contributed by atoms with E-state index in [1.54, 1.807) is 14.2 Å². The third-order valence-corrected chi connectivity index (χ3v) is 7.26. The van der Waals surface area contributed by atoms with E-state index < -0.39 is 0 Å². The molecule has 0 aromatic heterocycles. The lowest BCUT2D eigenvalue weighted by Crippen LogP contribution is -2.53. The fourth-order valence-electron chi connectivity index (χ4n) is 5.74. The Morgan fingerprint density at radius 1 is 1.07 bits per heavy atom. The van der Waals surface area contributed by atoms with E-state index in [2.05, 4.69) is 29.0 Å². The summed E-state index contributed by atoms with van der Waals surface area (Å²) in [6, 6.07) is 7.32. The molecule has 1 saturated carbocycles. The minimum Gasteiger partial charge on any atom is -0.493 e. The number of likely N-dealkylation sites (tertiary alicyclic amines) is 2. The number of fused-ring (bicyclic) bond motifs is 1. The van der Waals surface area contributed by atoms with Crippen molar-refractivity contribution in [3.63, 3.8) is 0 Å². The van der Waals surface area contributed by atoms with Crippen LogP contribution < -0.4 is 9.47 Å². The molecule has 2 heterocycles. The van der Waals surface area contributed by atoms with Crippen molar-refractivity contribution in [3.8, 4) is 11.5 Å².